The average molecular weight is 360 g/mol. The van der Waals surface area contributed by atoms with Crippen LogP contribution < -0.4 is 10.3 Å². The van der Waals surface area contributed by atoms with Crippen molar-refractivity contribution in [3.05, 3.63) is 82.0 Å². The maximum absolute atomic E-state index is 12.3. The molecule has 0 aliphatic carbocycles. The maximum atomic E-state index is 12.3. The van der Waals surface area contributed by atoms with Crippen LogP contribution in [0.2, 0.25) is 0 Å². The second-order valence-corrected chi connectivity index (χ2v) is 6.74. The number of fused-ring (bicyclic) bond motifs is 1. The van der Waals surface area contributed by atoms with E-state index in [2.05, 4.69) is 20.2 Å². The zero-order chi connectivity index (χ0) is 18.8. The minimum atomic E-state index is -0.220. The van der Waals surface area contributed by atoms with Gasteiger partial charge in [0.2, 0.25) is 0 Å². The lowest BCUT2D eigenvalue weighted by Crippen LogP contribution is -2.12. The van der Waals surface area contributed by atoms with E-state index in [0.717, 1.165) is 22.8 Å². The lowest BCUT2D eigenvalue weighted by Gasteiger charge is -2.07. The van der Waals surface area contributed by atoms with E-state index in [4.69, 9.17) is 4.74 Å². The van der Waals surface area contributed by atoms with Gasteiger partial charge >= 0.3 is 0 Å². The molecule has 2 aromatic carbocycles. The Morgan fingerprint density at radius 2 is 1.67 bits per heavy atom. The summed E-state index contributed by atoms with van der Waals surface area (Å²) >= 11 is 0. The summed E-state index contributed by atoms with van der Waals surface area (Å²) in [4.78, 5) is 19.7. The molecule has 0 fully saturated rings. The van der Waals surface area contributed by atoms with Gasteiger partial charge in [-0.25, -0.2) is 4.98 Å². The molecule has 2 aromatic heterocycles. The second-order valence-electron chi connectivity index (χ2n) is 6.74. The number of para-hydroxylation sites is 1. The van der Waals surface area contributed by atoms with Crippen molar-refractivity contribution in [2.45, 2.75) is 26.2 Å². The molecule has 136 valence electrons. The van der Waals surface area contributed by atoms with E-state index in [1.807, 2.05) is 68.4 Å². The van der Waals surface area contributed by atoms with Crippen molar-refractivity contribution in [3.63, 3.8) is 0 Å². The Morgan fingerprint density at radius 3 is 2.37 bits per heavy atom. The van der Waals surface area contributed by atoms with E-state index < -0.39 is 0 Å². The van der Waals surface area contributed by atoms with Gasteiger partial charge in [-0.3, -0.25) is 9.89 Å². The number of nitrogens with zero attached hydrogens (tertiary/aromatic N) is 2. The number of H-pyrrole nitrogens is 2. The minimum absolute atomic E-state index is 0.214. The molecule has 0 amide bonds. The van der Waals surface area contributed by atoms with Crippen LogP contribution in [-0.2, 0) is 6.42 Å². The van der Waals surface area contributed by atoms with Crippen LogP contribution in [0.4, 0.5) is 0 Å². The zero-order valence-electron chi connectivity index (χ0n) is 15.2. The molecule has 4 rings (SSSR count). The molecular weight excluding hydrogens is 340 g/mol. The van der Waals surface area contributed by atoms with E-state index in [9.17, 15) is 4.79 Å². The number of aromatic amines is 2. The summed E-state index contributed by atoms with van der Waals surface area (Å²) in [5.41, 5.74) is 2.69. The van der Waals surface area contributed by atoms with E-state index in [1.165, 1.54) is 0 Å². The van der Waals surface area contributed by atoms with Crippen LogP contribution >= 0.6 is 0 Å². The number of hydrogen-bond donors (Lipinski definition) is 2. The van der Waals surface area contributed by atoms with Crippen LogP contribution in [-0.4, -0.2) is 20.2 Å². The van der Waals surface area contributed by atoms with Crippen molar-refractivity contribution >= 4 is 11.0 Å². The molecule has 6 heteroatoms. The Bertz CT molecular complexity index is 1110. The third kappa shape index (κ3) is 3.60. The highest BCUT2D eigenvalue weighted by Crippen LogP contribution is 2.22. The van der Waals surface area contributed by atoms with Gasteiger partial charge < -0.3 is 9.72 Å². The Kier molecular flexibility index (Phi) is 4.46. The lowest BCUT2D eigenvalue weighted by molar-refractivity contribution is 0.482. The minimum Gasteiger partial charge on any atom is -0.457 e. The van der Waals surface area contributed by atoms with Crippen LogP contribution in [0.15, 0.2) is 59.4 Å². The molecule has 0 aliphatic rings. The predicted octanol–water partition coefficient (Wildman–Crippen LogP) is 4.15. The van der Waals surface area contributed by atoms with Crippen LogP contribution in [0.1, 0.15) is 36.8 Å². The van der Waals surface area contributed by atoms with Crippen molar-refractivity contribution in [2.24, 2.45) is 0 Å². The largest absolute Gasteiger partial charge is 0.457 e. The van der Waals surface area contributed by atoms with Gasteiger partial charge in [0.15, 0.2) is 5.52 Å². The molecule has 0 spiro atoms. The van der Waals surface area contributed by atoms with Crippen molar-refractivity contribution < 1.29 is 4.74 Å². The van der Waals surface area contributed by atoms with Gasteiger partial charge in [0.25, 0.3) is 5.56 Å². The highest BCUT2D eigenvalue weighted by molar-refractivity contribution is 5.76. The third-order valence-electron chi connectivity index (χ3n) is 4.34. The second kappa shape index (κ2) is 7.07. The van der Waals surface area contributed by atoms with Crippen molar-refractivity contribution in [2.75, 3.05) is 0 Å². The molecule has 0 unspecified atom stereocenters. The standard InChI is InChI=1S/C21H20N4O2/c1-13(2)18-19-20(25-24-18)21(26)23-17(22-19)12-14-8-10-16(11-9-14)27-15-6-4-3-5-7-15/h3-11,13H,12H2,1-2H3,(H,24,25)(H,22,23,26). The Labute approximate surface area is 156 Å². The number of nitrogens with one attached hydrogen (secondary N) is 2. The molecule has 0 saturated heterocycles. The quantitative estimate of drug-likeness (QED) is 0.560. The molecule has 0 radical (unpaired) electrons. The lowest BCUT2D eigenvalue weighted by atomic mass is 10.1. The van der Waals surface area contributed by atoms with Crippen LogP contribution in [0.5, 0.6) is 11.5 Å². The summed E-state index contributed by atoms with van der Waals surface area (Å²) in [5, 5.41) is 7.02. The predicted molar refractivity (Wildman–Crippen MR) is 104 cm³/mol. The Morgan fingerprint density at radius 1 is 0.963 bits per heavy atom. The first-order chi connectivity index (χ1) is 13.1. The van der Waals surface area contributed by atoms with E-state index in [0.29, 0.717) is 23.3 Å². The molecular formula is C21H20N4O2. The van der Waals surface area contributed by atoms with Gasteiger partial charge in [0.05, 0.1) is 5.69 Å². The molecule has 0 aliphatic heterocycles. The Hall–Kier alpha value is -3.41. The summed E-state index contributed by atoms with van der Waals surface area (Å²) in [6.45, 7) is 4.09. The fourth-order valence-electron chi connectivity index (χ4n) is 2.95. The van der Waals surface area contributed by atoms with Crippen LogP contribution in [0.3, 0.4) is 0 Å². The number of hydrogen-bond acceptors (Lipinski definition) is 4. The highest BCUT2D eigenvalue weighted by atomic mass is 16.5. The number of rotatable bonds is 5. The first-order valence-corrected chi connectivity index (χ1v) is 8.89. The first kappa shape index (κ1) is 17.0. The number of ether oxygens (including phenoxy) is 1. The monoisotopic (exact) mass is 360 g/mol. The number of benzene rings is 2. The Balaban J connectivity index is 1.57. The van der Waals surface area contributed by atoms with Crippen LogP contribution in [0, 0.1) is 0 Å². The molecule has 4 aromatic rings. The smallest absolute Gasteiger partial charge is 0.279 e. The van der Waals surface area contributed by atoms with E-state index in [-0.39, 0.29) is 11.5 Å². The van der Waals surface area contributed by atoms with Crippen LogP contribution in [0.25, 0.3) is 11.0 Å². The van der Waals surface area contributed by atoms with Gasteiger partial charge in [0.1, 0.15) is 22.8 Å². The summed E-state index contributed by atoms with van der Waals surface area (Å²) in [5.74, 6) is 2.39. The van der Waals surface area contributed by atoms with Crippen molar-refractivity contribution in [1.29, 1.82) is 0 Å². The summed E-state index contributed by atoms with van der Waals surface area (Å²) in [6, 6.07) is 17.4. The molecule has 0 bridgehead atoms. The fraction of sp³-hybridized carbons (Fsp3) is 0.190. The third-order valence-corrected chi connectivity index (χ3v) is 4.34. The number of aromatic nitrogens is 4. The summed E-state index contributed by atoms with van der Waals surface area (Å²) < 4.78 is 5.81. The van der Waals surface area contributed by atoms with Gasteiger partial charge in [-0.15, -0.1) is 0 Å². The SMILES string of the molecule is CC(C)c1[nH]nc2c(=O)[nH]c(Cc3ccc(Oc4ccccc4)cc3)nc12. The zero-order valence-corrected chi connectivity index (χ0v) is 15.2. The molecule has 27 heavy (non-hydrogen) atoms. The summed E-state index contributed by atoms with van der Waals surface area (Å²) in [7, 11) is 0. The van der Waals surface area contributed by atoms with E-state index in [1.54, 1.807) is 0 Å². The molecule has 0 saturated carbocycles. The van der Waals surface area contributed by atoms with Gasteiger partial charge in [-0.05, 0) is 35.7 Å². The molecule has 2 N–H and O–H groups in total. The van der Waals surface area contributed by atoms with Crippen molar-refractivity contribution in [1.82, 2.24) is 20.2 Å². The maximum Gasteiger partial charge on any atom is 0.279 e. The topological polar surface area (TPSA) is 83.7 Å². The van der Waals surface area contributed by atoms with E-state index >= 15 is 0 Å². The van der Waals surface area contributed by atoms with Gasteiger partial charge in [0, 0.05) is 6.42 Å². The van der Waals surface area contributed by atoms with Crippen molar-refractivity contribution in [3.8, 4) is 11.5 Å². The summed E-state index contributed by atoms with van der Waals surface area (Å²) in [6.07, 6.45) is 0.527. The van der Waals surface area contributed by atoms with Gasteiger partial charge in [-0.1, -0.05) is 44.2 Å². The highest BCUT2D eigenvalue weighted by Gasteiger charge is 2.14. The molecule has 2 heterocycles. The average Bonchev–Trinajstić information content (AvgIpc) is 3.09. The van der Waals surface area contributed by atoms with Gasteiger partial charge in [-0.2, -0.15) is 5.10 Å². The fourth-order valence-corrected chi connectivity index (χ4v) is 2.95. The molecule has 6 nitrogen and oxygen atoms in total. The normalized spacial score (nSPS) is 11.2. The molecule has 0 atom stereocenters. The first-order valence-electron chi connectivity index (χ1n) is 8.89.